The molecule has 0 aromatic carbocycles. The molecule has 4 heteroatoms. The summed E-state index contributed by atoms with van der Waals surface area (Å²) in [5.74, 6) is 5.51. The first-order valence-electron chi connectivity index (χ1n) is 2.90. The van der Waals surface area contributed by atoms with Crippen LogP contribution in [0.25, 0.3) is 11.0 Å². The van der Waals surface area contributed by atoms with Gasteiger partial charge in [-0.15, -0.1) is 0 Å². The van der Waals surface area contributed by atoms with Gasteiger partial charge in [0.05, 0.1) is 11.7 Å². The molecule has 0 aliphatic heterocycles. The van der Waals surface area contributed by atoms with Gasteiger partial charge in [0.25, 0.3) is 0 Å². The van der Waals surface area contributed by atoms with Crippen LogP contribution in [0.3, 0.4) is 0 Å². The summed E-state index contributed by atoms with van der Waals surface area (Å²) in [6, 6.07) is 1.84. The first kappa shape index (κ1) is 5.22. The lowest BCUT2D eigenvalue weighted by Gasteiger charge is -1.91. The molecule has 0 bridgehead atoms. The number of nitrogens with two attached hydrogens (primary N) is 1. The quantitative estimate of drug-likeness (QED) is 0.521. The molecule has 0 aliphatic carbocycles. The second kappa shape index (κ2) is 1.70. The van der Waals surface area contributed by atoms with Crippen LogP contribution in [-0.4, -0.2) is 14.6 Å². The maximum Gasteiger partial charge on any atom is 0.116 e. The molecular formula is C6H6N4. The van der Waals surface area contributed by atoms with Crippen LogP contribution in [0.2, 0.25) is 0 Å². The SMILES string of the molecule is Nn1ccc2ncncc21. The van der Waals surface area contributed by atoms with E-state index in [2.05, 4.69) is 9.97 Å². The van der Waals surface area contributed by atoms with E-state index < -0.39 is 0 Å². The second-order valence-electron chi connectivity index (χ2n) is 2.02. The van der Waals surface area contributed by atoms with E-state index in [0.717, 1.165) is 11.0 Å². The maximum absolute atomic E-state index is 5.51. The minimum absolute atomic E-state index is 0.850. The molecule has 2 aromatic rings. The Morgan fingerprint density at radius 3 is 3.20 bits per heavy atom. The molecule has 0 atom stereocenters. The van der Waals surface area contributed by atoms with Gasteiger partial charge in [-0.05, 0) is 6.07 Å². The zero-order chi connectivity index (χ0) is 6.97. The van der Waals surface area contributed by atoms with E-state index >= 15 is 0 Å². The van der Waals surface area contributed by atoms with Crippen molar-refractivity contribution >= 4 is 11.0 Å². The van der Waals surface area contributed by atoms with Crippen LogP contribution in [0.5, 0.6) is 0 Å². The maximum atomic E-state index is 5.51. The number of aromatic nitrogens is 3. The lowest BCUT2D eigenvalue weighted by Crippen LogP contribution is -2.05. The van der Waals surface area contributed by atoms with Crippen molar-refractivity contribution in [2.45, 2.75) is 0 Å². The van der Waals surface area contributed by atoms with E-state index in [1.54, 1.807) is 12.4 Å². The van der Waals surface area contributed by atoms with Crippen LogP contribution in [0, 0.1) is 0 Å². The number of hydrogen-bond donors (Lipinski definition) is 1. The van der Waals surface area contributed by atoms with Crippen molar-refractivity contribution < 1.29 is 0 Å². The van der Waals surface area contributed by atoms with E-state index in [-0.39, 0.29) is 0 Å². The Kier molecular flexibility index (Phi) is 0.887. The largest absolute Gasteiger partial charge is 0.339 e. The molecule has 0 aliphatic rings. The highest BCUT2D eigenvalue weighted by Crippen LogP contribution is 2.06. The van der Waals surface area contributed by atoms with E-state index in [1.807, 2.05) is 6.07 Å². The van der Waals surface area contributed by atoms with Gasteiger partial charge in [0, 0.05) is 6.20 Å². The monoisotopic (exact) mass is 134 g/mol. The first-order chi connectivity index (χ1) is 4.88. The number of hydrogen-bond acceptors (Lipinski definition) is 3. The third kappa shape index (κ3) is 0.556. The van der Waals surface area contributed by atoms with Gasteiger partial charge < -0.3 is 5.84 Å². The molecule has 2 rings (SSSR count). The van der Waals surface area contributed by atoms with Crippen molar-refractivity contribution in [3.63, 3.8) is 0 Å². The minimum atomic E-state index is 0.850. The zero-order valence-electron chi connectivity index (χ0n) is 5.23. The molecule has 0 radical (unpaired) electrons. The standard InChI is InChI=1S/C6H6N4/c7-10-2-1-5-6(10)3-8-4-9-5/h1-4H,7H2. The van der Waals surface area contributed by atoms with Gasteiger partial charge in [-0.1, -0.05) is 0 Å². The summed E-state index contributed by atoms with van der Waals surface area (Å²) in [7, 11) is 0. The molecule has 10 heavy (non-hydrogen) atoms. The summed E-state index contributed by atoms with van der Waals surface area (Å²) in [5, 5.41) is 0. The van der Waals surface area contributed by atoms with E-state index in [9.17, 15) is 0 Å². The second-order valence-corrected chi connectivity index (χ2v) is 2.02. The van der Waals surface area contributed by atoms with E-state index in [0.29, 0.717) is 0 Å². The number of nitrogens with zero attached hydrogens (tertiary/aromatic N) is 3. The van der Waals surface area contributed by atoms with Crippen molar-refractivity contribution in [3.8, 4) is 0 Å². The zero-order valence-corrected chi connectivity index (χ0v) is 5.23. The number of fused-ring (bicyclic) bond motifs is 1. The van der Waals surface area contributed by atoms with Gasteiger partial charge in [-0.25, -0.2) is 9.97 Å². The molecular weight excluding hydrogens is 128 g/mol. The van der Waals surface area contributed by atoms with Gasteiger partial charge in [-0.3, -0.25) is 4.68 Å². The van der Waals surface area contributed by atoms with Crippen LogP contribution in [0.1, 0.15) is 0 Å². The molecule has 0 unspecified atom stereocenters. The normalized spacial score (nSPS) is 10.4. The van der Waals surface area contributed by atoms with Gasteiger partial charge in [0.15, 0.2) is 0 Å². The molecule has 0 amide bonds. The molecule has 0 fully saturated rings. The lowest BCUT2D eigenvalue weighted by atomic mass is 10.5. The van der Waals surface area contributed by atoms with E-state index in [4.69, 9.17) is 5.84 Å². The van der Waals surface area contributed by atoms with Gasteiger partial charge in [-0.2, -0.15) is 0 Å². The van der Waals surface area contributed by atoms with E-state index in [1.165, 1.54) is 11.0 Å². The van der Waals surface area contributed by atoms with Crippen molar-refractivity contribution in [2.24, 2.45) is 0 Å². The van der Waals surface area contributed by atoms with Crippen LogP contribution in [-0.2, 0) is 0 Å². The molecule has 50 valence electrons. The number of rotatable bonds is 0. The fourth-order valence-corrected chi connectivity index (χ4v) is 0.890. The van der Waals surface area contributed by atoms with Crippen LogP contribution >= 0.6 is 0 Å². The summed E-state index contributed by atoms with van der Waals surface area (Å²) in [5.41, 5.74) is 1.72. The van der Waals surface area contributed by atoms with Crippen LogP contribution in [0.15, 0.2) is 24.8 Å². The Morgan fingerprint density at radius 2 is 2.40 bits per heavy atom. The van der Waals surface area contributed by atoms with Crippen molar-refractivity contribution in [3.05, 3.63) is 24.8 Å². The summed E-state index contributed by atoms with van der Waals surface area (Å²) in [6.45, 7) is 0. The molecule has 2 heterocycles. The first-order valence-corrected chi connectivity index (χ1v) is 2.90. The Hall–Kier alpha value is -1.58. The third-order valence-electron chi connectivity index (χ3n) is 1.39. The summed E-state index contributed by atoms with van der Waals surface area (Å²) in [6.07, 6.45) is 4.93. The van der Waals surface area contributed by atoms with Crippen LogP contribution < -0.4 is 5.84 Å². The number of nitrogen functional groups attached to an aromatic ring is 1. The highest BCUT2D eigenvalue weighted by molar-refractivity contribution is 5.74. The predicted molar refractivity (Wildman–Crippen MR) is 37.7 cm³/mol. The molecule has 2 N–H and O–H groups in total. The van der Waals surface area contributed by atoms with Gasteiger partial charge >= 0.3 is 0 Å². The van der Waals surface area contributed by atoms with Gasteiger partial charge in [0.2, 0.25) is 0 Å². The smallest absolute Gasteiger partial charge is 0.116 e. The average Bonchev–Trinajstić information content (AvgIpc) is 2.34. The molecule has 4 nitrogen and oxygen atoms in total. The Morgan fingerprint density at radius 1 is 1.50 bits per heavy atom. The van der Waals surface area contributed by atoms with Crippen molar-refractivity contribution in [1.29, 1.82) is 0 Å². The Labute approximate surface area is 57.3 Å². The molecule has 2 aromatic heterocycles. The highest BCUT2D eigenvalue weighted by Gasteiger charge is 1.95. The third-order valence-corrected chi connectivity index (χ3v) is 1.39. The minimum Gasteiger partial charge on any atom is -0.339 e. The topological polar surface area (TPSA) is 56.7 Å². The Bertz CT molecular complexity index is 351. The average molecular weight is 134 g/mol. The fourth-order valence-electron chi connectivity index (χ4n) is 0.890. The summed E-state index contributed by atoms with van der Waals surface area (Å²) < 4.78 is 1.50. The van der Waals surface area contributed by atoms with Gasteiger partial charge in [0.1, 0.15) is 11.8 Å². The van der Waals surface area contributed by atoms with Crippen molar-refractivity contribution in [2.75, 3.05) is 5.84 Å². The summed E-state index contributed by atoms with van der Waals surface area (Å²) >= 11 is 0. The fraction of sp³-hybridized carbons (Fsp3) is 0. The predicted octanol–water partition coefficient (Wildman–Crippen LogP) is 0.145. The van der Waals surface area contributed by atoms with Crippen molar-refractivity contribution in [1.82, 2.24) is 14.6 Å². The highest BCUT2D eigenvalue weighted by atomic mass is 15.3. The molecule has 0 saturated carbocycles. The molecule has 0 saturated heterocycles. The lowest BCUT2D eigenvalue weighted by molar-refractivity contribution is 1.05. The Balaban J connectivity index is 2.93. The molecule has 0 spiro atoms. The summed E-state index contributed by atoms with van der Waals surface area (Å²) in [4.78, 5) is 7.82. The van der Waals surface area contributed by atoms with Crippen LogP contribution in [0.4, 0.5) is 0 Å².